The number of fused-ring (bicyclic) bond motifs is 1. The van der Waals surface area contributed by atoms with Gasteiger partial charge in [0.2, 0.25) is 0 Å². The Morgan fingerprint density at radius 2 is 1.87 bits per heavy atom. The molecule has 13 nitrogen and oxygen atoms in total. The third-order valence-corrected chi connectivity index (χ3v) is 8.64. The van der Waals surface area contributed by atoms with E-state index in [1.165, 1.54) is 11.8 Å². The number of primary amides is 1. The minimum atomic E-state index is -0.791. The van der Waals surface area contributed by atoms with Gasteiger partial charge in [0, 0.05) is 41.6 Å². The van der Waals surface area contributed by atoms with Crippen LogP contribution in [0.2, 0.25) is 5.02 Å². The molecule has 252 valence electrons. The second-order valence-corrected chi connectivity index (χ2v) is 12.6. The van der Waals surface area contributed by atoms with Crippen LogP contribution in [-0.4, -0.2) is 72.1 Å². The molecular formula is C32H39ClN6O7S. The Morgan fingerprint density at radius 3 is 2.57 bits per heavy atom. The van der Waals surface area contributed by atoms with E-state index in [0.29, 0.717) is 64.9 Å². The molecule has 0 unspecified atom stereocenters. The average molecular weight is 687 g/mol. The molecule has 1 saturated carbocycles. The fourth-order valence-corrected chi connectivity index (χ4v) is 4.97. The van der Waals surface area contributed by atoms with Gasteiger partial charge in [0.25, 0.3) is 11.8 Å². The molecule has 2 atom stereocenters. The molecule has 4 rings (SSSR count). The standard InChI is InChI=1S/C32H39ClN6O7S/c1-18(47-2)29(34)31(42)45-17-28(40)37-11-4-3-5-13-44-27-16-25-21(15-22(27)30(35)41)26(10-12-36-25)46-20-8-9-24(23(33)14-20)39-32(43)38-19-6-7-19/h8-10,12,14-16,18-19,29H,3-7,11,13,17,34H2,1-2H3,(H2,35,41)(H,37,40)(H2,38,39,43)/t18-,29+/m0/s1. The topological polar surface area (TPSA) is 197 Å². The zero-order valence-corrected chi connectivity index (χ0v) is 27.7. The average Bonchev–Trinajstić information content (AvgIpc) is 3.87. The molecule has 1 aliphatic rings. The first-order chi connectivity index (χ1) is 22.5. The lowest BCUT2D eigenvalue weighted by Gasteiger charge is -2.16. The summed E-state index contributed by atoms with van der Waals surface area (Å²) in [4.78, 5) is 52.7. The van der Waals surface area contributed by atoms with Gasteiger partial charge in [0.05, 0.1) is 28.4 Å². The number of nitrogens with two attached hydrogens (primary N) is 2. The Balaban J connectivity index is 1.27. The number of hydrogen-bond donors (Lipinski definition) is 5. The fourth-order valence-electron chi connectivity index (χ4n) is 4.34. The number of rotatable bonds is 17. The first-order valence-electron chi connectivity index (χ1n) is 15.2. The zero-order chi connectivity index (χ0) is 33.9. The van der Waals surface area contributed by atoms with E-state index in [9.17, 15) is 19.2 Å². The lowest BCUT2D eigenvalue weighted by molar-refractivity contribution is -0.149. The SMILES string of the molecule is CS[C@@H](C)[C@@H](N)C(=O)OCC(=O)NCCCCCOc1cc2nccc(Oc3ccc(NC(=O)NC4CC4)c(Cl)c3)c2cc1C(N)=O. The number of urea groups is 1. The smallest absolute Gasteiger partial charge is 0.324 e. The van der Waals surface area contributed by atoms with Gasteiger partial charge < -0.3 is 41.6 Å². The summed E-state index contributed by atoms with van der Waals surface area (Å²) in [7, 11) is 0. The van der Waals surface area contributed by atoms with Crippen molar-refractivity contribution in [2.75, 3.05) is 31.3 Å². The van der Waals surface area contributed by atoms with E-state index in [-0.39, 0.29) is 29.5 Å². The van der Waals surface area contributed by atoms with Crippen LogP contribution in [0.1, 0.15) is 49.4 Å². The number of amides is 4. The van der Waals surface area contributed by atoms with Gasteiger partial charge in [-0.15, -0.1) is 0 Å². The highest BCUT2D eigenvalue weighted by Gasteiger charge is 2.24. The van der Waals surface area contributed by atoms with E-state index in [1.54, 1.807) is 42.6 Å². The van der Waals surface area contributed by atoms with Crippen LogP contribution < -0.4 is 36.9 Å². The molecule has 2 aromatic carbocycles. The van der Waals surface area contributed by atoms with Crippen LogP contribution in [0.15, 0.2) is 42.6 Å². The molecule has 1 aromatic heterocycles. The Labute approximate surface area is 281 Å². The molecule has 15 heteroatoms. The molecular weight excluding hydrogens is 648 g/mol. The van der Waals surface area contributed by atoms with Crippen molar-refractivity contribution in [1.82, 2.24) is 15.6 Å². The number of pyridine rings is 1. The molecule has 0 spiro atoms. The van der Waals surface area contributed by atoms with Gasteiger partial charge in [-0.05, 0) is 62.6 Å². The predicted molar refractivity (Wildman–Crippen MR) is 181 cm³/mol. The normalized spacial score (nSPS) is 13.7. The van der Waals surface area contributed by atoms with Crippen LogP contribution in [0.5, 0.6) is 17.2 Å². The summed E-state index contributed by atoms with van der Waals surface area (Å²) < 4.78 is 17.0. The summed E-state index contributed by atoms with van der Waals surface area (Å²) in [5, 5.41) is 9.00. The van der Waals surface area contributed by atoms with E-state index < -0.39 is 23.8 Å². The van der Waals surface area contributed by atoms with Crippen LogP contribution in [0.3, 0.4) is 0 Å². The molecule has 0 bridgehead atoms. The number of hydrogen-bond acceptors (Lipinski definition) is 10. The van der Waals surface area contributed by atoms with Crippen LogP contribution in [0.4, 0.5) is 10.5 Å². The lowest BCUT2D eigenvalue weighted by Crippen LogP contribution is -2.41. The van der Waals surface area contributed by atoms with Crippen molar-refractivity contribution >= 4 is 63.8 Å². The zero-order valence-electron chi connectivity index (χ0n) is 26.2. The number of carbonyl (C=O) groups is 4. The van der Waals surface area contributed by atoms with Crippen molar-refractivity contribution in [3.63, 3.8) is 0 Å². The third kappa shape index (κ3) is 10.6. The molecule has 0 radical (unpaired) electrons. The molecule has 47 heavy (non-hydrogen) atoms. The number of aromatic nitrogens is 1. The maximum atomic E-state index is 12.3. The van der Waals surface area contributed by atoms with Gasteiger partial charge in [-0.1, -0.05) is 18.5 Å². The second-order valence-electron chi connectivity index (χ2n) is 11.0. The number of nitrogens with one attached hydrogen (secondary N) is 3. The van der Waals surface area contributed by atoms with Gasteiger partial charge in [-0.25, -0.2) is 4.79 Å². The quantitative estimate of drug-likeness (QED) is 0.101. The number of thioether (sulfide) groups is 1. The summed E-state index contributed by atoms with van der Waals surface area (Å²) in [6.07, 6.45) is 7.40. The summed E-state index contributed by atoms with van der Waals surface area (Å²) >= 11 is 7.84. The van der Waals surface area contributed by atoms with E-state index >= 15 is 0 Å². The van der Waals surface area contributed by atoms with Gasteiger partial charge in [0.15, 0.2) is 6.61 Å². The van der Waals surface area contributed by atoms with Gasteiger partial charge >= 0.3 is 12.0 Å². The van der Waals surface area contributed by atoms with Gasteiger partial charge in [-0.2, -0.15) is 11.8 Å². The minimum absolute atomic E-state index is 0.115. The van der Waals surface area contributed by atoms with Crippen molar-refractivity contribution in [2.24, 2.45) is 11.5 Å². The summed E-state index contributed by atoms with van der Waals surface area (Å²) in [5.41, 5.74) is 12.6. The molecule has 1 fully saturated rings. The predicted octanol–water partition coefficient (Wildman–Crippen LogP) is 4.35. The number of carbonyl (C=O) groups excluding carboxylic acids is 4. The van der Waals surface area contributed by atoms with Crippen LogP contribution >= 0.6 is 23.4 Å². The Morgan fingerprint density at radius 1 is 1.09 bits per heavy atom. The van der Waals surface area contributed by atoms with E-state index in [4.69, 9.17) is 37.3 Å². The summed E-state index contributed by atoms with van der Waals surface area (Å²) in [5.74, 6) is -0.558. The maximum absolute atomic E-state index is 12.3. The first-order valence-corrected chi connectivity index (χ1v) is 16.8. The highest BCUT2D eigenvalue weighted by atomic mass is 35.5. The van der Waals surface area contributed by atoms with E-state index in [2.05, 4.69) is 20.9 Å². The lowest BCUT2D eigenvalue weighted by atomic mass is 10.1. The molecule has 0 aliphatic heterocycles. The number of unbranched alkanes of at least 4 members (excludes halogenated alkanes) is 2. The minimum Gasteiger partial charge on any atom is -0.493 e. The Bertz CT molecular complexity index is 1610. The van der Waals surface area contributed by atoms with Crippen molar-refractivity contribution in [3.8, 4) is 17.2 Å². The molecule has 4 amide bonds. The number of nitrogens with zero attached hydrogens (tertiary/aromatic N) is 1. The number of benzene rings is 2. The maximum Gasteiger partial charge on any atom is 0.324 e. The van der Waals surface area contributed by atoms with Crippen LogP contribution in [0.25, 0.3) is 10.9 Å². The molecule has 7 N–H and O–H groups in total. The highest BCUT2D eigenvalue weighted by molar-refractivity contribution is 7.99. The molecule has 3 aromatic rings. The van der Waals surface area contributed by atoms with Crippen molar-refractivity contribution in [3.05, 3.63) is 53.2 Å². The first kappa shape index (κ1) is 35.6. The Hall–Kier alpha value is -4.27. The molecule has 1 heterocycles. The number of anilines is 1. The number of ether oxygens (including phenoxy) is 3. The number of esters is 1. The van der Waals surface area contributed by atoms with Gasteiger partial charge in [0.1, 0.15) is 23.3 Å². The highest BCUT2D eigenvalue weighted by Crippen LogP contribution is 2.35. The summed E-state index contributed by atoms with van der Waals surface area (Å²) in [6, 6.07) is 8.86. The van der Waals surface area contributed by atoms with Crippen molar-refractivity contribution in [1.29, 1.82) is 0 Å². The van der Waals surface area contributed by atoms with Gasteiger partial charge in [-0.3, -0.25) is 19.4 Å². The van der Waals surface area contributed by atoms with Crippen LogP contribution in [0, 0.1) is 0 Å². The number of halogens is 1. The monoisotopic (exact) mass is 686 g/mol. The third-order valence-electron chi connectivity index (χ3n) is 7.29. The molecule has 1 aliphatic carbocycles. The Kier molecular flexibility index (Phi) is 12.9. The van der Waals surface area contributed by atoms with Crippen LogP contribution in [-0.2, 0) is 14.3 Å². The summed E-state index contributed by atoms with van der Waals surface area (Å²) in [6.45, 7) is 2.14. The van der Waals surface area contributed by atoms with Crippen molar-refractivity contribution < 1.29 is 33.4 Å². The second kappa shape index (κ2) is 17.0. The molecule has 0 saturated heterocycles. The largest absolute Gasteiger partial charge is 0.493 e. The fraction of sp³-hybridized carbons (Fsp3) is 0.406. The van der Waals surface area contributed by atoms with E-state index in [1.807, 2.05) is 13.2 Å². The van der Waals surface area contributed by atoms with E-state index in [0.717, 1.165) is 19.3 Å². The van der Waals surface area contributed by atoms with Crippen molar-refractivity contribution in [2.45, 2.75) is 56.4 Å².